The predicted molar refractivity (Wildman–Crippen MR) is 151 cm³/mol. The molecule has 0 bridgehead atoms. The molecule has 4 aromatic rings. The van der Waals surface area contributed by atoms with Crippen LogP contribution in [0.2, 0.25) is 0 Å². The van der Waals surface area contributed by atoms with Gasteiger partial charge in [0.25, 0.3) is 11.5 Å². The summed E-state index contributed by atoms with van der Waals surface area (Å²) in [6, 6.07) is 17.7. The van der Waals surface area contributed by atoms with Crippen LogP contribution in [0.3, 0.4) is 0 Å². The van der Waals surface area contributed by atoms with Crippen LogP contribution in [0.5, 0.6) is 0 Å². The summed E-state index contributed by atoms with van der Waals surface area (Å²) < 4.78 is 6.15. The van der Waals surface area contributed by atoms with Crippen molar-refractivity contribution >= 4 is 27.7 Å². The maximum atomic E-state index is 13.5. The van der Waals surface area contributed by atoms with E-state index in [2.05, 4.69) is 9.27 Å². The first-order valence-electron chi connectivity index (χ1n) is 12.7. The zero-order valence-corrected chi connectivity index (χ0v) is 22.9. The van der Waals surface area contributed by atoms with Crippen molar-refractivity contribution in [3.8, 4) is 0 Å². The molecule has 4 rings (SSSR count). The van der Waals surface area contributed by atoms with Crippen LogP contribution in [-0.4, -0.2) is 63.4 Å². The molecule has 0 aliphatic carbocycles. The Labute approximate surface area is 222 Å². The summed E-state index contributed by atoms with van der Waals surface area (Å²) in [6.07, 6.45) is 2.21. The molecular weight excluding hydrogens is 482 g/mol. The smallest absolute Gasteiger partial charge is 0.264 e. The molecule has 0 aliphatic rings. The van der Waals surface area contributed by atoms with Crippen LogP contribution in [0.15, 0.2) is 59.4 Å². The third kappa shape index (κ3) is 6.70. The first-order valence-corrected chi connectivity index (χ1v) is 13.5. The Bertz CT molecular complexity index is 1390. The lowest BCUT2D eigenvalue weighted by molar-refractivity contribution is 0.0748. The van der Waals surface area contributed by atoms with Crippen LogP contribution < -0.4 is 5.56 Å². The molecule has 7 nitrogen and oxygen atoms in total. The fraction of sp³-hybridized carbons (Fsp3) is 0.379. The van der Waals surface area contributed by atoms with Crippen molar-refractivity contribution in [2.45, 2.75) is 39.7 Å². The van der Waals surface area contributed by atoms with E-state index in [0.717, 1.165) is 35.6 Å². The van der Waals surface area contributed by atoms with Gasteiger partial charge in [-0.15, -0.1) is 0 Å². The molecule has 0 saturated carbocycles. The minimum absolute atomic E-state index is 0.0434. The number of nitrogens with zero attached hydrogens (tertiary/aromatic N) is 5. The van der Waals surface area contributed by atoms with Crippen molar-refractivity contribution in [2.24, 2.45) is 0 Å². The van der Waals surface area contributed by atoms with Crippen LogP contribution >= 0.6 is 11.5 Å². The first-order chi connectivity index (χ1) is 17.8. The summed E-state index contributed by atoms with van der Waals surface area (Å²) in [5.41, 5.74) is 3.56. The third-order valence-corrected chi connectivity index (χ3v) is 7.31. The molecule has 8 heteroatoms. The Morgan fingerprint density at radius 2 is 1.65 bits per heavy atom. The number of hydrogen-bond acceptors (Lipinski definition) is 6. The van der Waals surface area contributed by atoms with E-state index < -0.39 is 0 Å². The van der Waals surface area contributed by atoms with Crippen LogP contribution in [0.25, 0.3) is 10.2 Å². The molecule has 37 heavy (non-hydrogen) atoms. The number of amides is 1. The second kappa shape index (κ2) is 12.3. The number of aryl methyl sites for hydroxylation is 3. The molecule has 1 amide bonds. The number of aromatic nitrogens is 3. The number of hydrogen-bond donors (Lipinski definition) is 0. The lowest BCUT2D eigenvalue weighted by Gasteiger charge is -2.24. The Morgan fingerprint density at radius 3 is 2.35 bits per heavy atom. The molecule has 194 valence electrons. The standard InChI is InChI=1S/C29H35N5O2S/c1-21-13-15-24(16-14-21)28(35)33(19-9-17-32(3)4)18-8-12-25-30-27-26(22(2)31-37-27)29(36)34(25)20-23-10-6-5-7-11-23/h5-7,10-11,13-16H,8-9,12,17-20H2,1-4H3. The van der Waals surface area contributed by atoms with Gasteiger partial charge in [-0.2, -0.15) is 4.37 Å². The highest BCUT2D eigenvalue weighted by molar-refractivity contribution is 7.12. The van der Waals surface area contributed by atoms with Gasteiger partial charge in [-0.05, 0) is 76.6 Å². The Balaban J connectivity index is 1.55. The van der Waals surface area contributed by atoms with Crippen molar-refractivity contribution in [3.05, 3.63) is 93.2 Å². The highest BCUT2D eigenvalue weighted by atomic mass is 32.1. The van der Waals surface area contributed by atoms with Crippen molar-refractivity contribution in [2.75, 3.05) is 33.7 Å². The van der Waals surface area contributed by atoms with Crippen molar-refractivity contribution in [1.82, 2.24) is 23.7 Å². The van der Waals surface area contributed by atoms with E-state index in [1.165, 1.54) is 11.5 Å². The van der Waals surface area contributed by atoms with Crippen LogP contribution in [-0.2, 0) is 13.0 Å². The van der Waals surface area contributed by atoms with Crippen molar-refractivity contribution in [3.63, 3.8) is 0 Å². The summed E-state index contributed by atoms with van der Waals surface area (Å²) in [5, 5.41) is 0.601. The molecule has 2 heterocycles. The van der Waals surface area contributed by atoms with Gasteiger partial charge in [0.2, 0.25) is 0 Å². The fourth-order valence-corrected chi connectivity index (χ4v) is 5.22. The zero-order valence-electron chi connectivity index (χ0n) is 22.1. The monoisotopic (exact) mass is 517 g/mol. The maximum Gasteiger partial charge on any atom is 0.264 e. The van der Waals surface area contributed by atoms with Crippen LogP contribution in [0.4, 0.5) is 0 Å². The average molecular weight is 518 g/mol. The Kier molecular flexibility index (Phi) is 8.84. The number of fused-ring (bicyclic) bond motifs is 1. The van der Waals surface area contributed by atoms with Gasteiger partial charge in [0.15, 0.2) is 4.83 Å². The van der Waals surface area contributed by atoms with Gasteiger partial charge in [-0.25, -0.2) is 4.98 Å². The molecule has 0 atom stereocenters. The van der Waals surface area contributed by atoms with E-state index >= 15 is 0 Å². The van der Waals surface area contributed by atoms with E-state index in [1.54, 1.807) is 4.57 Å². The van der Waals surface area contributed by atoms with Gasteiger partial charge in [-0.1, -0.05) is 48.0 Å². The van der Waals surface area contributed by atoms with Crippen molar-refractivity contribution < 1.29 is 4.79 Å². The molecule has 0 fully saturated rings. The Hall–Kier alpha value is -3.36. The molecule has 0 N–H and O–H groups in total. The zero-order chi connectivity index (χ0) is 26.4. The molecule has 2 aromatic heterocycles. The molecule has 0 saturated heterocycles. The maximum absolute atomic E-state index is 13.5. The van der Waals surface area contributed by atoms with E-state index in [9.17, 15) is 9.59 Å². The summed E-state index contributed by atoms with van der Waals surface area (Å²) in [4.78, 5) is 36.4. The van der Waals surface area contributed by atoms with Crippen molar-refractivity contribution in [1.29, 1.82) is 0 Å². The van der Waals surface area contributed by atoms with E-state index in [1.807, 2.05) is 87.4 Å². The predicted octanol–water partition coefficient (Wildman–Crippen LogP) is 4.54. The fourth-order valence-electron chi connectivity index (χ4n) is 4.43. The summed E-state index contributed by atoms with van der Waals surface area (Å²) in [5.74, 6) is 0.781. The molecule has 0 spiro atoms. The van der Waals surface area contributed by atoms with Gasteiger partial charge in [-0.3, -0.25) is 14.2 Å². The second-order valence-corrected chi connectivity index (χ2v) is 10.5. The summed E-state index contributed by atoms with van der Waals surface area (Å²) >= 11 is 1.27. The molecule has 0 unspecified atom stereocenters. The van der Waals surface area contributed by atoms with Gasteiger partial charge >= 0.3 is 0 Å². The van der Waals surface area contributed by atoms with Gasteiger partial charge in [0.05, 0.1) is 17.6 Å². The lowest BCUT2D eigenvalue weighted by Crippen LogP contribution is -2.35. The minimum atomic E-state index is -0.0475. The second-order valence-electron chi connectivity index (χ2n) is 9.77. The van der Waals surface area contributed by atoms with Gasteiger partial charge < -0.3 is 9.80 Å². The van der Waals surface area contributed by atoms with E-state index in [0.29, 0.717) is 48.3 Å². The van der Waals surface area contributed by atoms with Gasteiger partial charge in [0, 0.05) is 25.1 Å². The lowest BCUT2D eigenvalue weighted by atomic mass is 10.1. The Morgan fingerprint density at radius 1 is 0.946 bits per heavy atom. The number of carbonyl (C=O) groups excluding carboxylic acids is 1. The highest BCUT2D eigenvalue weighted by Crippen LogP contribution is 2.19. The topological polar surface area (TPSA) is 71.3 Å². The summed E-state index contributed by atoms with van der Waals surface area (Å²) in [7, 11) is 4.09. The number of rotatable bonds is 11. The molecule has 2 aromatic carbocycles. The number of carbonyl (C=O) groups is 1. The van der Waals surface area contributed by atoms with Gasteiger partial charge in [0.1, 0.15) is 5.82 Å². The average Bonchev–Trinajstić information content (AvgIpc) is 3.26. The van der Waals surface area contributed by atoms with Crippen LogP contribution in [0, 0.1) is 13.8 Å². The highest BCUT2D eigenvalue weighted by Gasteiger charge is 2.18. The molecular formula is C29H35N5O2S. The van der Waals surface area contributed by atoms with E-state index in [4.69, 9.17) is 4.98 Å². The molecule has 0 aliphatic heterocycles. The van der Waals surface area contributed by atoms with Crippen LogP contribution in [0.1, 0.15) is 45.8 Å². The normalized spacial score (nSPS) is 11.4. The minimum Gasteiger partial charge on any atom is -0.339 e. The quantitative estimate of drug-likeness (QED) is 0.292. The molecule has 0 radical (unpaired) electrons. The SMILES string of the molecule is Cc1ccc(C(=O)N(CCCc2nc3snc(C)c3c(=O)n2Cc2ccccc2)CCCN(C)C)cc1. The summed E-state index contributed by atoms with van der Waals surface area (Å²) in [6.45, 7) is 6.53. The first kappa shape index (κ1) is 26.7. The third-order valence-electron chi connectivity index (χ3n) is 6.48. The number of benzene rings is 2. The van der Waals surface area contributed by atoms with E-state index in [-0.39, 0.29) is 11.5 Å². The largest absolute Gasteiger partial charge is 0.339 e.